The largest absolute Gasteiger partial charge is 0.496 e. The summed E-state index contributed by atoms with van der Waals surface area (Å²) < 4.78 is 5.42. The lowest BCUT2D eigenvalue weighted by Gasteiger charge is -2.26. The molecule has 0 spiro atoms. The smallest absolute Gasteiger partial charge is 0.228 e. The predicted octanol–water partition coefficient (Wildman–Crippen LogP) is 4.58. The van der Waals surface area contributed by atoms with E-state index in [2.05, 4.69) is 4.98 Å². The van der Waals surface area contributed by atoms with Crippen molar-refractivity contribution < 1.29 is 9.53 Å². The van der Waals surface area contributed by atoms with Crippen LogP contribution in [0.25, 0.3) is 10.6 Å². The molecule has 0 saturated heterocycles. The van der Waals surface area contributed by atoms with Crippen LogP contribution >= 0.6 is 11.3 Å². The summed E-state index contributed by atoms with van der Waals surface area (Å²) in [7, 11) is 3.47. The first kappa shape index (κ1) is 18.1. The van der Waals surface area contributed by atoms with Gasteiger partial charge in [-0.2, -0.15) is 0 Å². The highest BCUT2D eigenvalue weighted by Crippen LogP contribution is 2.29. The molecule has 2 aromatic carbocycles. The van der Waals surface area contributed by atoms with Crippen LogP contribution in [-0.4, -0.2) is 29.9 Å². The molecule has 0 aliphatic heterocycles. The summed E-state index contributed by atoms with van der Waals surface area (Å²) in [6, 6.07) is 17.7. The van der Waals surface area contributed by atoms with Gasteiger partial charge in [-0.3, -0.25) is 4.79 Å². The number of thiazole rings is 1. The van der Waals surface area contributed by atoms with Crippen LogP contribution < -0.4 is 4.74 Å². The fourth-order valence-electron chi connectivity index (χ4n) is 2.82. The normalized spacial score (nSPS) is 11.8. The van der Waals surface area contributed by atoms with Crippen molar-refractivity contribution in [3.8, 4) is 16.3 Å². The Balaban J connectivity index is 1.71. The molecule has 0 bridgehead atoms. The molecule has 3 rings (SSSR count). The van der Waals surface area contributed by atoms with Gasteiger partial charge < -0.3 is 9.64 Å². The van der Waals surface area contributed by atoms with Crippen LogP contribution in [0.1, 0.15) is 24.2 Å². The van der Waals surface area contributed by atoms with E-state index in [9.17, 15) is 4.79 Å². The number of amides is 1. The third-order valence-corrected chi connectivity index (χ3v) is 5.41. The van der Waals surface area contributed by atoms with Crippen LogP contribution in [-0.2, 0) is 11.2 Å². The molecule has 1 heterocycles. The number of hydrogen-bond donors (Lipinski definition) is 0. The zero-order chi connectivity index (χ0) is 18.5. The van der Waals surface area contributed by atoms with Gasteiger partial charge in [-0.1, -0.05) is 48.5 Å². The minimum Gasteiger partial charge on any atom is -0.496 e. The molecule has 0 aliphatic rings. The van der Waals surface area contributed by atoms with E-state index in [0.717, 1.165) is 27.6 Å². The van der Waals surface area contributed by atoms with Crippen molar-refractivity contribution in [2.45, 2.75) is 19.4 Å². The van der Waals surface area contributed by atoms with Gasteiger partial charge in [0.1, 0.15) is 10.8 Å². The van der Waals surface area contributed by atoms with Gasteiger partial charge in [-0.05, 0) is 13.0 Å². The number of nitrogens with zero attached hydrogens (tertiary/aromatic N) is 2. The van der Waals surface area contributed by atoms with Crippen LogP contribution in [0.5, 0.6) is 5.75 Å². The zero-order valence-electron chi connectivity index (χ0n) is 15.2. The van der Waals surface area contributed by atoms with Crippen molar-refractivity contribution in [2.75, 3.05) is 14.2 Å². The highest BCUT2D eigenvalue weighted by atomic mass is 32.1. The number of aromatic nitrogens is 1. The second kappa shape index (κ2) is 8.15. The first-order valence-electron chi connectivity index (χ1n) is 8.48. The monoisotopic (exact) mass is 366 g/mol. The molecule has 134 valence electrons. The zero-order valence-corrected chi connectivity index (χ0v) is 16.0. The minimum atomic E-state index is -0.0779. The fourth-order valence-corrected chi connectivity index (χ4v) is 3.64. The van der Waals surface area contributed by atoms with Gasteiger partial charge in [0.05, 0.1) is 25.3 Å². The van der Waals surface area contributed by atoms with Gasteiger partial charge in [0.2, 0.25) is 5.91 Å². The number of benzene rings is 2. The van der Waals surface area contributed by atoms with Crippen LogP contribution in [0, 0.1) is 0 Å². The first-order chi connectivity index (χ1) is 12.6. The molecule has 0 aliphatic carbocycles. The maximum Gasteiger partial charge on any atom is 0.228 e. The lowest BCUT2D eigenvalue weighted by molar-refractivity contribution is -0.131. The van der Waals surface area contributed by atoms with Gasteiger partial charge in [0.15, 0.2) is 0 Å². The summed E-state index contributed by atoms with van der Waals surface area (Å²) >= 11 is 1.57. The Morgan fingerprint density at radius 2 is 1.85 bits per heavy atom. The summed E-state index contributed by atoms with van der Waals surface area (Å²) in [6.07, 6.45) is 0.291. The second-order valence-electron chi connectivity index (χ2n) is 6.11. The van der Waals surface area contributed by atoms with Crippen molar-refractivity contribution in [3.05, 3.63) is 71.2 Å². The number of rotatable bonds is 6. The van der Waals surface area contributed by atoms with E-state index in [1.54, 1.807) is 23.3 Å². The quantitative estimate of drug-likeness (QED) is 0.641. The number of likely N-dealkylation sites (N-methyl/N-ethyl adjacent to an activating group) is 1. The minimum absolute atomic E-state index is 0.0355. The summed E-state index contributed by atoms with van der Waals surface area (Å²) in [5.74, 6) is 0.827. The highest BCUT2D eigenvalue weighted by molar-refractivity contribution is 7.13. The number of para-hydroxylation sites is 1. The Morgan fingerprint density at radius 1 is 1.15 bits per heavy atom. The molecule has 0 radical (unpaired) electrons. The molecule has 0 N–H and O–H groups in total. The molecule has 1 amide bonds. The summed E-state index contributed by atoms with van der Waals surface area (Å²) in [5.41, 5.74) is 2.87. The molecule has 26 heavy (non-hydrogen) atoms. The third kappa shape index (κ3) is 3.94. The Morgan fingerprint density at radius 3 is 2.58 bits per heavy atom. The third-order valence-electron chi connectivity index (χ3n) is 4.47. The Bertz CT molecular complexity index is 876. The fraction of sp³-hybridized carbons (Fsp3) is 0.238. The molecule has 1 unspecified atom stereocenters. The first-order valence-corrected chi connectivity index (χ1v) is 9.36. The lowest BCUT2D eigenvalue weighted by Crippen LogP contribution is -2.31. The molecular weight excluding hydrogens is 344 g/mol. The number of ether oxygens (including phenoxy) is 1. The van der Waals surface area contributed by atoms with Gasteiger partial charge in [-0.15, -0.1) is 11.3 Å². The van der Waals surface area contributed by atoms with Crippen molar-refractivity contribution in [3.63, 3.8) is 0 Å². The van der Waals surface area contributed by atoms with E-state index in [0.29, 0.717) is 6.42 Å². The van der Waals surface area contributed by atoms with E-state index in [1.807, 2.05) is 73.9 Å². The molecule has 3 aromatic rings. The molecule has 0 saturated carbocycles. The van der Waals surface area contributed by atoms with E-state index in [4.69, 9.17) is 4.74 Å². The summed E-state index contributed by atoms with van der Waals surface area (Å²) in [5, 5.41) is 2.90. The van der Waals surface area contributed by atoms with Crippen LogP contribution in [0.15, 0.2) is 60.0 Å². The van der Waals surface area contributed by atoms with Gasteiger partial charge in [0, 0.05) is 23.6 Å². The number of carbonyl (C=O) groups excluding carboxylic acids is 1. The second-order valence-corrected chi connectivity index (χ2v) is 6.97. The molecule has 5 heteroatoms. The van der Waals surface area contributed by atoms with E-state index in [-0.39, 0.29) is 11.9 Å². The average molecular weight is 366 g/mol. The van der Waals surface area contributed by atoms with Crippen molar-refractivity contribution >= 4 is 17.2 Å². The highest BCUT2D eigenvalue weighted by Gasteiger charge is 2.21. The molecular formula is C21H22N2O2S. The van der Waals surface area contributed by atoms with E-state index >= 15 is 0 Å². The van der Waals surface area contributed by atoms with Crippen LogP contribution in [0.2, 0.25) is 0 Å². The van der Waals surface area contributed by atoms with Crippen molar-refractivity contribution in [1.82, 2.24) is 9.88 Å². The Kier molecular flexibility index (Phi) is 5.68. The topological polar surface area (TPSA) is 42.4 Å². The molecule has 1 atom stereocenters. The Hall–Kier alpha value is -2.66. The molecule has 0 fully saturated rings. The summed E-state index contributed by atoms with van der Waals surface area (Å²) in [4.78, 5) is 19.1. The van der Waals surface area contributed by atoms with Crippen LogP contribution in [0.3, 0.4) is 0 Å². The number of hydrogen-bond acceptors (Lipinski definition) is 4. The maximum atomic E-state index is 12.7. The average Bonchev–Trinajstić information content (AvgIpc) is 3.16. The molecule has 1 aromatic heterocycles. The van der Waals surface area contributed by atoms with Crippen molar-refractivity contribution in [2.24, 2.45) is 0 Å². The SMILES string of the molecule is COc1ccccc1C(C)N(C)C(=O)Cc1csc(-c2ccccc2)n1. The number of methoxy groups -OCH3 is 1. The predicted molar refractivity (Wildman–Crippen MR) is 105 cm³/mol. The standard InChI is InChI=1S/C21H22N2O2S/c1-15(18-11-7-8-12-19(18)25-3)23(2)20(24)13-17-14-26-21(22-17)16-9-5-4-6-10-16/h4-12,14-15H,13H2,1-3H3. The maximum absolute atomic E-state index is 12.7. The van der Waals surface area contributed by atoms with Gasteiger partial charge >= 0.3 is 0 Å². The van der Waals surface area contributed by atoms with E-state index in [1.165, 1.54) is 0 Å². The van der Waals surface area contributed by atoms with Crippen LogP contribution in [0.4, 0.5) is 0 Å². The van der Waals surface area contributed by atoms with E-state index < -0.39 is 0 Å². The summed E-state index contributed by atoms with van der Waals surface area (Å²) in [6.45, 7) is 2.01. The Labute approximate surface area is 158 Å². The van der Waals surface area contributed by atoms with Gasteiger partial charge in [-0.25, -0.2) is 4.98 Å². The van der Waals surface area contributed by atoms with Crippen molar-refractivity contribution in [1.29, 1.82) is 0 Å². The lowest BCUT2D eigenvalue weighted by atomic mass is 10.1. The molecule has 4 nitrogen and oxygen atoms in total. The number of carbonyl (C=O) groups is 1. The van der Waals surface area contributed by atoms with Gasteiger partial charge in [0.25, 0.3) is 0 Å².